The third kappa shape index (κ3) is 3.45. The molecule has 0 fully saturated rings. The Kier molecular flexibility index (Phi) is 5.31. The fraction of sp³-hybridized carbons (Fsp3) is 0.389. The fourth-order valence-corrected chi connectivity index (χ4v) is 3.24. The molecule has 0 spiro atoms. The number of primary amides is 1. The molecule has 2 aromatic rings. The first kappa shape index (κ1) is 18.7. The maximum absolute atomic E-state index is 12.2. The lowest BCUT2D eigenvalue weighted by Gasteiger charge is -2.32. The lowest BCUT2D eigenvalue weighted by Crippen LogP contribution is -2.40. The zero-order valence-corrected chi connectivity index (χ0v) is 15.3. The number of amides is 1. The lowest BCUT2D eigenvalue weighted by molar-refractivity contribution is -0.121. The van der Waals surface area contributed by atoms with Gasteiger partial charge in [-0.3, -0.25) is 4.79 Å². The van der Waals surface area contributed by atoms with Gasteiger partial charge in [-0.1, -0.05) is 12.6 Å². The van der Waals surface area contributed by atoms with E-state index in [1.165, 1.54) is 0 Å². The summed E-state index contributed by atoms with van der Waals surface area (Å²) in [5.41, 5.74) is 6.88. The summed E-state index contributed by atoms with van der Waals surface area (Å²) in [7, 11) is 3.10. The van der Waals surface area contributed by atoms with E-state index in [0.717, 1.165) is 5.56 Å². The minimum Gasteiger partial charge on any atom is -0.493 e. The number of benzene rings is 1. The zero-order valence-electron chi connectivity index (χ0n) is 15.3. The van der Waals surface area contributed by atoms with Gasteiger partial charge in [0.1, 0.15) is 5.92 Å². The first-order valence-corrected chi connectivity index (χ1v) is 8.53. The predicted molar refractivity (Wildman–Crippen MR) is 98.6 cm³/mol. The number of aliphatic hydroxyl groups is 1. The van der Waals surface area contributed by atoms with E-state index in [4.69, 9.17) is 20.3 Å². The first-order chi connectivity index (χ1) is 13.0. The van der Waals surface area contributed by atoms with E-state index in [0.29, 0.717) is 41.8 Å². The van der Waals surface area contributed by atoms with Gasteiger partial charge in [0, 0.05) is 18.7 Å². The Labute approximate surface area is 156 Å². The van der Waals surface area contributed by atoms with Crippen LogP contribution in [0.4, 0.5) is 5.95 Å². The van der Waals surface area contributed by atoms with Crippen LogP contribution in [0.5, 0.6) is 11.5 Å². The van der Waals surface area contributed by atoms with Gasteiger partial charge < -0.3 is 25.6 Å². The molecule has 0 bridgehead atoms. The Morgan fingerprint density at radius 3 is 2.74 bits per heavy atom. The number of aromatic nitrogens is 3. The molecule has 1 aliphatic heterocycles. The molecule has 0 radical (unpaired) electrons. The summed E-state index contributed by atoms with van der Waals surface area (Å²) < 4.78 is 12.3. The van der Waals surface area contributed by atoms with Crippen LogP contribution in [0.2, 0.25) is 0 Å². The molecular formula is C18H23N5O4. The third-order valence-electron chi connectivity index (χ3n) is 4.52. The van der Waals surface area contributed by atoms with Crippen molar-refractivity contribution in [2.45, 2.75) is 18.9 Å². The van der Waals surface area contributed by atoms with Crippen molar-refractivity contribution in [1.82, 2.24) is 14.8 Å². The molecular weight excluding hydrogens is 350 g/mol. The molecule has 144 valence electrons. The molecule has 3 rings (SSSR count). The Morgan fingerprint density at radius 1 is 1.37 bits per heavy atom. The van der Waals surface area contributed by atoms with Crippen LogP contribution in [0.1, 0.15) is 23.9 Å². The Balaban J connectivity index is 2.11. The minimum atomic E-state index is -0.719. The number of hydrogen-bond acceptors (Lipinski definition) is 7. The monoisotopic (exact) mass is 373 g/mol. The number of aryl methyl sites for hydroxylation is 1. The molecule has 2 heterocycles. The number of carbonyl (C=O) groups is 1. The van der Waals surface area contributed by atoms with Crippen molar-refractivity contribution in [3.05, 3.63) is 41.9 Å². The predicted octanol–water partition coefficient (Wildman–Crippen LogP) is 0.850. The topological polar surface area (TPSA) is 125 Å². The van der Waals surface area contributed by atoms with Crippen molar-refractivity contribution in [3.8, 4) is 11.5 Å². The van der Waals surface area contributed by atoms with Crippen LogP contribution >= 0.6 is 0 Å². The van der Waals surface area contributed by atoms with Gasteiger partial charge in [-0.05, 0) is 24.1 Å². The molecule has 1 amide bonds. The molecule has 0 aliphatic carbocycles. The fourth-order valence-electron chi connectivity index (χ4n) is 3.24. The second-order valence-corrected chi connectivity index (χ2v) is 6.21. The van der Waals surface area contributed by atoms with Gasteiger partial charge in [0.15, 0.2) is 17.3 Å². The molecule has 9 nitrogen and oxygen atoms in total. The molecule has 9 heteroatoms. The minimum absolute atomic E-state index is 0.0486. The van der Waals surface area contributed by atoms with Gasteiger partial charge in [0.25, 0.3) is 0 Å². The summed E-state index contributed by atoms with van der Waals surface area (Å²) >= 11 is 0. The highest BCUT2D eigenvalue weighted by molar-refractivity contribution is 5.82. The second-order valence-electron chi connectivity index (χ2n) is 6.21. The molecule has 0 unspecified atom stereocenters. The summed E-state index contributed by atoms with van der Waals surface area (Å²) in [5.74, 6) is 0.908. The van der Waals surface area contributed by atoms with Crippen molar-refractivity contribution in [2.75, 3.05) is 26.1 Å². The number of carbonyl (C=O) groups excluding carboxylic acids is 1. The average Bonchev–Trinajstić information content (AvgIpc) is 3.06. The van der Waals surface area contributed by atoms with Gasteiger partial charge in [-0.25, -0.2) is 4.68 Å². The molecule has 1 aliphatic rings. The average molecular weight is 373 g/mol. The molecule has 0 saturated carbocycles. The maximum atomic E-state index is 12.2. The number of rotatable bonds is 7. The number of nitrogens with zero attached hydrogens (tertiary/aromatic N) is 3. The number of nitrogens with one attached hydrogen (secondary N) is 1. The van der Waals surface area contributed by atoms with Crippen molar-refractivity contribution >= 4 is 11.9 Å². The SMILES string of the molecule is C=C1Nc2nc(CCCO)nn2[C@H](c2ccc(OC)c(OC)c2)[C@H]1C(N)=O. The molecule has 27 heavy (non-hydrogen) atoms. The molecule has 4 N–H and O–H groups in total. The Bertz CT molecular complexity index is 863. The normalized spacial score (nSPS) is 18.6. The van der Waals surface area contributed by atoms with Crippen LogP contribution in [0.3, 0.4) is 0 Å². The summed E-state index contributed by atoms with van der Waals surface area (Å²) in [6.07, 6.45) is 1.06. The Hall–Kier alpha value is -3.07. The highest BCUT2D eigenvalue weighted by Gasteiger charge is 2.39. The van der Waals surface area contributed by atoms with E-state index < -0.39 is 17.9 Å². The largest absolute Gasteiger partial charge is 0.493 e. The quantitative estimate of drug-likeness (QED) is 0.657. The standard InChI is InChI=1S/C18H23N5O4/c1-10-15(17(19)25)16(11-6-7-12(26-2)13(9-11)27-3)23-18(20-10)21-14(22-23)5-4-8-24/h6-7,9,15-16,24H,1,4-5,8H2,2-3H3,(H2,19,25)(H,20,21,22)/t15-,16+/m0/s1. The molecule has 1 aromatic carbocycles. The van der Waals surface area contributed by atoms with Crippen molar-refractivity contribution < 1.29 is 19.4 Å². The number of nitrogens with two attached hydrogens (primary N) is 1. The van der Waals surface area contributed by atoms with E-state index in [1.54, 1.807) is 31.0 Å². The zero-order chi connectivity index (χ0) is 19.6. The number of anilines is 1. The first-order valence-electron chi connectivity index (χ1n) is 8.53. The van der Waals surface area contributed by atoms with Crippen LogP contribution in [0.15, 0.2) is 30.5 Å². The van der Waals surface area contributed by atoms with Crippen molar-refractivity contribution in [2.24, 2.45) is 11.7 Å². The molecule has 0 saturated heterocycles. The van der Waals surface area contributed by atoms with Gasteiger partial charge in [-0.15, -0.1) is 0 Å². The summed E-state index contributed by atoms with van der Waals surface area (Å²) in [6.45, 7) is 4.00. The smallest absolute Gasteiger partial charge is 0.229 e. The number of hydrogen-bond donors (Lipinski definition) is 3. The number of aliphatic hydroxyl groups excluding tert-OH is 1. The number of ether oxygens (including phenoxy) is 2. The lowest BCUT2D eigenvalue weighted by atomic mass is 9.88. The van der Waals surface area contributed by atoms with Crippen LogP contribution in [0, 0.1) is 5.92 Å². The number of fused-ring (bicyclic) bond motifs is 1. The number of methoxy groups -OCH3 is 2. The van der Waals surface area contributed by atoms with Crippen LogP contribution in [-0.4, -0.2) is 46.6 Å². The van der Waals surface area contributed by atoms with Crippen molar-refractivity contribution in [3.63, 3.8) is 0 Å². The summed E-state index contributed by atoms with van der Waals surface area (Å²) in [6, 6.07) is 4.86. The third-order valence-corrected chi connectivity index (χ3v) is 4.52. The van der Waals surface area contributed by atoms with Crippen molar-refractivity contribution in [1.29, 1.82) is 0 Å². The van der Waals surface area contributed by atoms with E-state index in [1.807, 2.05) is 6.07 Å². The van der Waals surface area contributed by atoms with Gasteiger partial charge >= 0.3 is 0 Å². The van der Waals surface area contributed by atoms with Gasteiger partial charge in [0.05, 0.1) is 20.3 Å². The van der Waals surface area contributed by atoms with Gasteiger partial charge in [-0.2, -0.15) is 10.1 Å². The molecule has 1 aromatic heterocycles. The highest BCUT2D eigenvalue weighted by Crippen LogP contribution is 2.40. The Morgan fingerprint density at radius 2 is 2.11 bits per heavy atom. The van der Waals surface area contributed by atoms with Gasteiger partial charge in [0.2, 0.25) is 11.9 Å². The molecule has 2 atom stereocenters. The van der Waals surface area contributed by atoms with E-state index in [-0.39, 0.29) is 6.61 Å². The van der Waals surface area contributed by atoms with Crippen LogP contribution in [-0.2, 0) is 11.2 Å². The van der Waals surface area contributed by atoms with Crippen LogP contribution in [0.25, 0.3) is 0 Å². The van der Waals surface area contributed by atoms with E-state index in [9.17, 15) is 4.79 Å². The highest BCUT2D eigenvalue weighted by atomic mass is 16.5. The van der Waals surface area contributed by atoms with E-state index >= 15 is 0 Å². The summed E-state index contributed by atoms with van der Waals surface area (Å²) in [5, 5.41) is 16.6. The van der Waals surface area contributed by atoms with E-state index in [2.05, 4.69) is 22.0 Å². The van der Waals surface area contributed by atoms with Crippen LogP contribution < -0.4 is 20.5 Å². The summed E-state index contributed by atoms with van der Waals surface area (Å²) in [4.78, 5) is 16.6. The second kappa shape index (κ2) is 7.67. The maximum Gasteiger partial charge on any atom is 0.229 e.